The topological polar surface area (TPSA) is 101 Å². The number of aromatic nitrogens is 2. The van der Waals surface area contributed by atoms with E-state index in [2.05, 4.69) is 37.4 Å². The molecule has 0 saturated carbocycles. The van der Waals surface area contributed by atoms with Gasteiger partial charge in [0.2, 0.25) is 11.9 Å². The minimum absolute atomic E-state index is 0.294. The van der Waals surface area contributed by atoms with Crippen molar-refractivity contribution < 1.29 is 14.3 Å². The fourth-order valence-electron chi connectivity index (χ4n) is 3.44. The van der Waals surface area contributed by atoms with Gasteiger partial charge in [0.05, 0.1) is 32.2 Å². The van der Waals surface area contributed by atoms with Gasteiger partial charge in [-0.2, -0.15) is 4.98 Å². The third-order valence-corrected chi connectivity index (χ3v) is 5.41. The third-order valence-electron chi connectivity index (χ3n) is 5.13. The van der Waals surface area contributed by atoms with Crippen molar-refractivity contribution in [1.29, 1.82) is 0 Å². The zero-order valence-electron chi connectivity index (χ0n) is 18.7. The zero-order chi connectivity index (χ0) is 23.9. The molecule has 34 heavy (non-hydrogen) atoms. The first-order valence-electron chi connectivity index (χ1n) is 10.7. The van der Waals surface area contributed by atoms with E-state index >= 15 is 0 Å². The van der Waals surface area contributed by atoms with Crippen LogP contribution in [0.3, 0.4) is 0 Å². The van der Waals surface area contributed by atoms with E-state index in [1.54, 1.807) is 25.3 Å². The van der Waals surface area contributed by atoms with Crippen molar-refractivity contribution in [3.63, 3.8) is 0 Å². The van der Waals surface area contributed by atoms with Crippen molar-refractivity contribution in [1.82, 2.24) is 9.97 Å². The molecule has 1 aromatic heterocycles. The molecular formula is C24H25ClN6O3. The maximum Gasteiger partial charge on any atom is 0.247 e. The van der Waals surface area contributed by atoms with Gasteiger partial charge >= 0.3 is 0 Å². The third kappa shape index (κ3) is 5.75. The van der Waals surface area contributed by atoms with Crippen molar-refractivity contribution in [2.75, 3.05) is 54.3 Å². The van der Waals surface area contributed by atoms with Crippen molar-refractivity contribution in [3.8, 4) is 5.75 Å². The Labute approximate surface area is 202 Å². The molecule has 2 heterocycles. The molecular weight excluding hydrogens is 456 g/mol. The molecule has 0 bridgehead atoms. The van der Waals surface area contributed by atoms with Crippen molar-refractivity contribution in [2.24, 2.45) is 0 Å². The van der Waals surface area contributed by atoms with Gasteiger partial charge in [-0.1, -0.05) is 24.2 Å². The van der Waals surface area contributed by atoms with E-state index in [1.807, 2.05) is 24.3 Å². The number of carbonyl (C=O) groups is 1. The summed E-state index contributed by atoms with van der Waals surface area (Å²) in [6, 6.07) is 13.1. The highest BCUT2D eigenvalue weighted by molar-refractivity contribution is 6.32. The Bertz CT molecular complexity index is 1180. The largest absolute Gasteiger partial charge is 0.494 e. The van der Waals surface area contributed by atoms with Crippen LogP contribution in [-0.2, 0) is 9.53 Å². The lowest BCUT2D eigenvalue weighted by Crippen LogP contribution is -2.36. The van der Waals surface area contributed by atoms with Crippen LogP contribution in [0.25, 0.3) is 0 Å². The predicted octanol–water partition coefficient (Wildman–Crippen LogP) is 4.59. The molecule has 1 saturated heterocycles. The zero-order valence-corrected chi connectivity index (χ0v) is 19.4. The number of carbonyl (C=O) groups excluding carboxylic acids is 1. The van der Waals surface area contributed by atoms with Gasteiger partial charge in [-0.3, -0.25) is 4.79 Å². The first-order valence-corrected chi connectivity index (χ1v) is 11.0. The van der Waals surface area contributed by atoms with E-state index < -0.39 is 0 Å². The fraction of sp³-hybridized carbons (Fsp3) is 0.208. The molecule has 1 aliphatic heterocycles. The number of rotatable bonds is 8. The number of hydrogen-bond acceptors (Lipinski definition) is 8. The van der Waals surface area contributed by atoms with Crippen molar-refractivity contribution >= 4 is 52.0 Å². The van der Waals surface area contributed by atoms with E-state index in [0.29, 0.717) is 47.1 Å². The number of hydrogen-bond donors (Lipinski definition) is 3. The molecule has 1 amide bonds. The van der Waals surface area contributed by atoms with Gasteiger partial charge in [0.1, 0.15) is 10.8 Å². The van der Waals surface area contributed by atoms with Crippen LogP contribution in [0.4, 0.5) is 34.5 Å². The second-order valence-corrected chi connectivity index (χ2v) is 7.81. The van der Waals surface area contributed by atoms with Crippen LogP contribution >= 0.6 is 11.6 Å². The van der Waals surface area contributed by atoms with Gasteiger partial charge in [0, 0.05) is 36.2 Å². The van der Waals surface area contributed by atoms with Gasteiger partial charge in [0.25, 0.3) is 0 Å². The molecule has 1 fully saturated rings. The lowest BCUT2D eigenvalue weighted by Gasteiger charge is -2.29. The number of anilines is 6. The van der Waals surface area contributed by atoms with Crippen LogP contribution in [0.15, 0.2) is 61.3 Å². The summed E-state index contributed by atoms with van der Waals surface area (Å²) in [5.41, 5.74) is 3.10. The van der Waals surface area contributed by atoms with Crippen LogP contribution in [0.5, 0.6) is 5.75 Å². The molecule has 0 spiro atoms. The molecule has 0 unspecified atom stereocenters. The average Bonchev–Trinajstić information content (AvgIpc) is 2.87. The Balaban J connectivity index is 1.52. The summed E-state index contributed by atoms with van der Waals surface area (Å²) < 4.78 is 11.0. The minimum Gasteiger partial charge on any atom is -0.494 e. The fourth-order valence-corrected chi connectivity index (χ4v) is 3.58. The van der Waals surface area contributed by atoms with Crippen LogP contribution in [0.1, 0.15) is 0 Å². The van der Waals surface area contributed by atoms with E-state index in [9.17, 15) is 4.79 Å². The Hall–Kier alpha value is -3.82. The van der Waals surface area contributed by atoms with Gasteiger partial charge in [-0.15, -0.1) is 0 Å². The quantitative estimate of drug-likeness (QED) is 0.402. The predicted molar refractivity (Wildman–Crippen MR) is 135 cm³/mol. The van der Waals surface area contributed by atoms with Crippen molar-refractivity contribution in [3.05, 3.63) is 66.3 Å². The molecule has 2 aromatic carbocycles. The molecule has 3 N–H and O–H groups in total. The van der Waals surface area contributed by atoms with E-state index in [1.165, 1.54) is 12.3 Å². The Morgan fingerprint density at radius 3 is 2.74 bits per heavy atom. The Kier molecular flexibility index (Phi) is 7.46. The molecule has 0 atom stereocenters. The summed E-state index contributed by atoms with van der Waals surface area (Å²) in [7, 11) is 1.62. The number of morpholine rings is 1. The summed E-state index contributed by atoms with van der Waals surface area (Å²) in [4.78, 5) is 22.6. The summed E-state index contributed by atoms with van der Waals surface area (Å²) in [5, 5.41) is 9.42. The highest BCUT2D eigenvalue weighted by atomic mass is 35.5. The number of ether oxygens (including phenoxy) is 2. The van der Waals surface area contributed by atoms with Crippen LogP contribution in [-0.4, -0.2) is 49.3 Å². The normalized spacial score (nSPS) is 13.2. The maximum atomic E-state index is 11.6. The Morgan fingerprint density at radius 2 is 1.97 bits per heavy atom. The summed E-state index contributed by atoms with van der Waals surface area (Å²) in [6.07, 6.45) is 2.72. The number of nitrogens with zero attached hydrogens (tertiary/aromatic N) is 3. The monoisotopic (exact) mass is 480 g/mol. The summed E-state index contributed by atoms with van der Waals surface area (Å²) in [5.74, 6) is 1.13. The second kappa shape index (κ2) is 10.9. The van der Waals surface area contributed by atoms with E-state index in [-0.39, 0.29) is 5.91 Å². The SMILES string of the molecule is C=CC(=O)Nc1cccc(Nc2nc(Nc3ccc(N4CCOCC4)cc3OC)ncc2Cl)c1. The van der Waals surface area contributed by atoms with Gasteiger partial charge in [-0.05, 0) is 36.4 Å². The molecule has 10 heteroatoms. The molecule has 0 radical (unpaired) electrons. The maximum absolute atomic E-state index is 11.6. The Morgan fingerprint density at radius 1 is 1.18 bits per heavy atom. The lowest BCUT2D eigenvalue weighted by atomic mass is 10.2. The standard InChI is InChI=1S/C24H25ClN6O3/c1-3-22(32)27-16-5-4-6-17(13-16)28-23-19(25)15-26-24(30-23)29-20-8-7-18(14-21(20)33-2)31-9-11-34-12-10-31/h3-8,13-15H,1,9-12H2,2H3,(H,27,32)(H2,26,28,29,30). The number of amides is 1. The summed E-state index contributed by atoms with van der Waals surface area (Å²) in [6.45, 7) is 6.55. The van der Waals surface area contributed by atoms with Crippen LogP contribution < -0.4 is 25.6 Å². The minimum atomic E-state index is -0.294. The molecule has 4 rings (SSSR count). The van der Waals surface area contributed by atoms with Crippen LogP contribution in [0, 0.1) is 0 Å². The number of nitrogens with one attached hydrogen (secondary N) is 3. The van der Waals surface area contributed by atoms with Gasteiger partial charge in [-0.25, -0.2) is 4.98 Å². The first-order chi connectivity index (χ1) is 16.6. The highest BCUT2D eigenvalue weighted by Gasteiger charge is 2.15. The van der Waals surface area contributed by atoms with E-state index in [0.717, 1.165) is 24.5 Å². The molecule has 9 nitrogen and oxygen atoms in total. The smallest absolute Gasteiger partial charge is 0.247 e. The molecule has 176 valence electrons. The number of methoxy groups -OCH3 is 1. The number of benzene rings is 2. The molecule has 0 aliphatic carbocycles. The second-order valence-electron chi connectivity index (χ2n) is 7.40. The van der Waals surface area contributed by atoms with Crippen LogP contribution in [0.2, 0.25) is 5.02 Å². The molecule has 1 aliphatic rings. The number of halogens is 1. The average molecular weight is 481 g/mol. The van der Waals surface area contributed by atoms with Gasteiger partial charge in [0.15, 0.2) is 5.82 Å². The van der Waals surface area contributed by atoms with Gasteiger partial charge < -0.3 is 30.3 Å². The summed E-state index contributed by atoms with van der Waals surface area (Å²) >= 11 is 6.32. The highest BCUT2D eigenvalue weighted by Crippen LogP contribution is 2.33. The first kappa shape index (κ1) is 23.3. The lowest BCUT2D eigenvalue weighted by molar-refractivity contribution is -0.111. The van der Waals surface area contributed by atoms with Crippen molar-refractivity contribution in [2.45, 2.75) is 0 Å². The van der Waals surface area contributed by atoms with E-state index in [4.69, 9.17) is 21.1 Å². The molecule has 3 aromatic rings.